The van der Waals surface area contributed by atoms with E-state index in [1.165, 1.54) is 0 Å². The molecule has 1 aliphatic heterocycles. The molecule has 0 saturated carbocycles. The van der Waals surface area contributed by atoms with Gasteiger partial charge in [-0.25, -0.2) is 5.10 Å². The topological polar surface area (TPSA) is 91.8 Å². The molecule has 0 aliphatic carbocycles. The predicted octanol–water partition coefficient (Wildman–Crippen LogP) is 1.73. The lowest BCUT2D eigenvalue weighted by atomic mass is 9.94. The summed E-state index contributed by atoms with van der Waals surface area (Å²) in [4.78, 5) is 35.2. The van der Waals surface area contributed by atoms with E-state index in [1.54, 1.807) is 47.8 Å². The number of rotatable bonds is 2. The lowest BCUT2D eigenvalue weighted by Gasteiger charge is -2.32. The molecule has 1 N–H and O–H groups in total. The van der Waals surface area contributed by atoms with Gasteiger partial charge in [0.2, 0.25) is 0 Å². The summed E-state index contributed by atoms with van der Waals surface area (Å²) >= 11 is 0. The Kier molecular flexibility index (Phi) is 3.97. The van der Waals surface area contributed by atoms with E-state index >= 15 is 0 Å². The first-order valence-corrected chi connectivity index (χ1v) is 8.26. The minimum Gasteiger partial charge on any atom is -0.337 e. The van der Waals surface area contributed by atoms with E-state index in [0.717, 1.165) is 18.5 Å². The van der Waals surface area contributed by atoms with Gasteiger partial charge >= 0.3 is 0 Å². The van der Waals surface area contributed by atoms with Crippen LogP contribution in [0.5, 0.6) is 0 Å². The molecule has 1 amide bonds. The SMILES string of the molecule is O=C(c1n[nH]c(=O)c2ccccc12)N1CCC[C@H](c2cnccn2)C1. The minimum absolute atomic E-state index is 0.166. The molecule has 0 unspecified atom stereocenters. The fourth-order valence-electron chi connectivity index (χ4n) is 3.35. The molecule has 0 bridgehead atoms. The number of piperidine rings is 1. The van der Waals surface area contributed by atoms with Gasteiger partial charge in [0.05, 0.1) is 11.1 Å². The third-order valence-corrected chi connectivity index (χ3v) is 4.61. The number of nitrogens with zero attached hydrogens (tertiary/aromatic N) is 4. The van der Waals surface area contributed by atoms with Crippen LogP contribution in [0.1, 0.15) is 34.9 Å². The number of H-pyrrole nitrogens is 1. The summed E-state index contributed by atoms with van der Waals surface area (Å²) in [6.07, 6.45) is 6.95. The maximum Gasteiger partial charge on any atom is 0.274 e. The lowest BCUT2D eigenvalue weighted by Crippen LogP contribution is -2.40. The molecular weight excluding hydrogens is 318 g/mol. The van der Waals surface area contributed by atoms with Crippen molar-refractivity contribution >= 4 is 16.7 Å². The predicted molar refractivity (Wildman–Crippen MR) is 92.3 cm³/mol. The molecule has 25 heavy (non-hydrogen) atoms. The Labute approximate surface area is 143 Å². The second-order valence-corrected chi connectivity index (χ2v) is 6.17. The van der Waals surface area contributed by atoms with Gasteiger partial charge in [0.15, 0.2) is 5.69 Å². The van der Waals surface area contributed by atoms with Crippen molar-refractivity contribution < 1.29 is 4.79 Å². The van der Waals surface area contributed by atoms with Crippen LogP contribution in [0.15, 0.2) is 47.7 Å². The number of fused-ring (bicyclic) bond motifs is 1. The number of hydrogen-bond donors (Lipinski definition) is 1. The molecule has 0 radical (unpaired) electrons. The van der Waals surface area contributed by atoms with Crippen molar-refractivity contribution in [2.24, 2.45) is 0 Å². The van der Waals surface area contributed by atoms with Crippen LogP contribution >= 0.6 is 0 Å². The normalized spacial score (nSPS) is 17.6. The molecule has 1 saturated heterocycles. The second-order valence-electron chi connectivity index (χ2n) is 6.17. The van der Waals surface area contributed by atoms with Crippen molar-refractivity contribution in [2.75, 3.05) is 13.1 Å². The van der Waals surface area contributed by atoms with Gasteiger partial charge in [-0.05, 0) is 18.9 Å². The molecular formula is C18H17N5O2. The molecule has 126 valence electrons. The standard InChI is InChI=1S/C18H17N5O2/c24-17-14-6-2-1-5-13(14)16(21-22-17)18(25)23-9-3-4-12(11-23)15-10-19-7-8-20-15/h1-2,5-8,10,12H,3-4,9,11H2,(H,22,24)/t12-/m0/s1. The summed E-state index contributed by atoms with van der Waals surface area (Å²) in [5.41, 5.74) is 0.900. The average molecular weight is 335 g/mol. The molecule has 4 rings (SSSR count). The molecule has 0 spiro atoms. The average Bonchev–Trinajstić information content (AvgIpc) is 2.69. The van der Waals surface area contributed by atoms with Crippen molar-refractivity contribution in [1.29, 1.82) is 0 Å². The van der Waals surface area contributed by atoms with Crippen LogP contribution in [-0.4, -0.2) is 44.1 Å². The Bertz CT molecular complexity index is 970. The van der Waals surface area contributed by atoms with E-state index in [0.29, 0.717) is 23.9 Å². The lowest BCUT2D eigenvalue weighted by molar-refractivity contribution is 0.0701. The maximum absolute atomic E-state index is 13.0. The fourth-order valence-corrected chi connectivity index (χ4v) is 3.35. The van der Waals surface area contributed by atoms with E-state index in [9.17, 15) is 9.59 Å². The van der Waals surface area contributed by atoms with Gasteiger partial charge in [-0.3, -0.25) is 19.6 Å². The number of aromatic nitrogens is 4. The van der Waals surface area contributed by atoms with Gasteiger partial charge in [0.25, 0.3) is 11.5 Å². The van der Waals surface area contributed by atoms with E-state index in [4.69, 9.17) is 0 Å². The second kappa shape index (κ2) is 6.43. The Hall–Kier alpha value is -3.09. The molecule has 1 atom stereocenters. The molecule has 3 heterocycles. The summed E-state index contributed by atoms with van der Waals surface area (Å²) in [5, 5.41) is 7.51. The summed E-state index contributed by atoms with van der Waals surface area (Å²) in [6.45, 7) is 1.25. The smallest absolute Gasteiger partial charge is 0.274 e. The highest BCUT2D eigenvalue weighted by Gasteiger charge is 2.28. The molecule has 2 aromatic heterocycles. The largest absolute Gasteiger partial charge is 0.337 e. The van der Waals surface area contributed by atoms with Gasteiger partial charge in [-0.2, -0.15) is 5.10 Å². The number of amides is 1. The first-order valence-electron chi connectivity index (χ1n) is 8.26. The van der Waals surface area contributed by atoms with E-state index in [-0.39, 0.29) is 23.1 Å². The molecule has 7 heteroatoms. The summed E-state index contributed by atoms with van der Waals surface area (Å²) in [5.74, 6) is 0.00136. The quantitative estimate of drug-likeness (QED) is 0.770. The van der Waals surface area contributed by atoms with Gasteiger partial charge < -0.3 is 4.90 Å². The first kappa shape index (κ1) is 15.4. The zero-order chi connectivity index (χ0) is 17.2. The van der Waals surface area contributed by atoms with Crippen molar-refractivity contribution in [3.05, 3.63) is 64.6 Å². The number of likely N-dealkylation sites (tertiary alicyclic amines) is 1. The number of hydrogen-bond acceptors (Lipinski definition) is 5. The van der Waals surface area contributed by atoms with Crippen LogP contribution in [0.4, 0.5) is 0 Å². The maximum atomic E-state index is 13.0. The number of benzene rings is 1. The molecule has 7 nitrogen and oxygen atoms in total. The fraction of sp³-hybridized carbons (Fsp3) is 0.278. The Morgan fingerprint density at radius 3 is 2.84 bits per heavy atom. The number of nitrogens with one attached hydrogen (secondary N) is 1. The highest BCUT2D eigenvalue weighted by atomic mass is 16.2. The number of carbonyl (C=O) groups excluding carboxylic acids is 1. The van der Waals surface area contributed by atoms with Gasteiger partial charge in [0.1, 0.15) is 0 Å². The third kappa shape index (κ3) is 2.88. The van der Waals surface area contributed by atoms with E-state index in [2.05, 4.69) is 20.2 Å². The van der Waals surface area contributed by atoms with Crippen LogP contribution in [0, 0.1) is 0 Å². The van der Waals surface area contributed by atoms with E-state index < -0.39 is 0 Å². The summed E-state index contributed by atoms with van der Waals surface area (Å²) in [7, 11) is 0. The number of aromatic amines is 1. The minimum atomic E-state index is -0.289. The Morgan fingerprint density at radius 1 is 1.20 bits per heavy atom. The van der Waals surface area contributed by atoms with Crippen LogP contribution in [0.2, 0.25) is 0 Å². The van der Waals surface area contributed by atoms with Gasteiger partial charge in [0, 0.05) is 43.0 Å². The Balaban J connectivity index is 1.65. The van der Waals surface area contributed by atoms with Crippen molar-refractivity contribution in [3.8, 4) is 0 Å². The first-order chi connectivity index (χ1) is 12.2. The zero-order valence-electron chi connectivity index (χ0n) is 13.6. The molecule has 1 aromatic carbocycles. The molecule has 3 aromatic rings. The Morgan fingerprint density at radius 2 is 2.04 bits per heavy atom. The van der Waals surface area contributed by atoms with Crippen molar-refractivity contribution in [2.45, 2.75) is 18.8 Å². The third-order valence-electron chi connectivity index (χ3n) is 4.61. The van der Waals surface area contributed by atoms with Crippen molar-refractivity contribution in [1.82, 2.24) is 25.1 Å². The van der Waals surface area contributed by atoms with Crippen LogP contribution in [0.25, 0.3) is 10.8 Å². The van der Waals surface area contributed by atoms with Crippen LogP contribution in [0.3, 0.4) is 0 Å². The molecule has 1 fully saturated rings. The van der Waals surface area contributed by atoms with Gasteiger partial charge in [-0.15, -0.1) is 0 Å². The van der Waals surface area contributed by atoms with Gasteiger partial charge in [-0.1, -0.05) is 18.2 Å². The highest BCUT2D eigenvalue weighted by Crippen LogP contribution is 2.26. The van der Waals surface area contributed by atoms with Crippen LogP contribution in [-0.2, 0) is 0 Å². The monoisotopic (exact) mass is 335 g/mol. The summed E-state index contributed by atoms with van der Waals surface area (Å²) in [6, 6.07) is 7.04. The molecule has 1 aliphatic rings. The van der Waals surface area contributed by atoms with Crippen LogP contribution < -0.4 is 5.56 Å². The zero-order valence-corrected chi connectivity index (χ0v) is 13.6. The van der Waals surface area contributed by atoms with E-state index in [1.807, 2.05) is 0 Å². The summed E-state index contributed by atoms with van der Waals surface area (Å²) < 4.78 is 0. The number of carbonyl (C=O) groups is 1. The highest BCUT2D eigenvalue weighted by molar-refractivity contribution is 6.04. The van der Waals surface area contributed by atoms with Crippen molar-refractivity contribution in [3.63, 3.8) is 0 Å².